The van der Waals surface area contributed by atoms with Crippen LogP contribution in [0, 0.1) is 6.92 Å². The zero-order valence-corrected chi connectivity index (χ0v) is 16.3. The van der Waals surface area contributed by atoms with E-state index in [1.807, 2.05) is 13.0 Å². The number of carbonyl (C=O) groups is 1. The molecule has 138 valence electrons. The number of hydrogen-bond acceptors (Lipinski definition) is 6. The summed E-state index contributed by atoms with van der Waals surface area (Å²) in [6.45, 7) is 8.42. The molecular weight excluding hydrogens is 362 g/mol. The van der Waals surface area contributed by atoms with Crippen LogP contribution >= 0.6 is 11.3 Å². The summed E-state index contributed by atoms with van der Waals surface area (Å²) in [5.41, 5.74) is 3.00. The second-order valence-corrected chi connectivity index (χ2v) is 8.35. The molecule has 3 heterocycles. The highest BCUT2D eigenvalue weighted by Gasteiger charge is 2.19. The maximum absolute atomic E-state index is 12.3. The van der Waals surface area contributed by atoms with E-state index in [0.29, 0.717) is 10.9 Å². The van der Waals surface area contributed by atoms with Gasteiger partial charge in [0.15, 0.2) is 0 Å². The normalized spacial score (nSPS) is 11.9. The number of fused-ring (bicyclic) bond motifs is 1. The first-order valence-electron chi connectivity index (χ1n) is 8.51. The largest absolute Gasteiger partial charge is 0.351 e. The fraction of sp³-hybridized carbons (Fsp3) is 0.263. The standard InChI is InChI=1S/C19H19N5O2S/c1-11-9-16(22-17(25)14-7-8-20-26-14)24(23-11)18-21-13-6-5-12(19(2,3)4)10-15(13)27-18/h5-10H,1-4H3,(H,22,25). The van der Waals surface area contributed by atoms with Crippen LogP contribution in [0.3, 0.4) is 0 Å². The lowest BCUT2D eigenvalue weighted by Gasteiger charge is -2.18. The number of anilines is 1. The van der Waals surface area contributed by atoms with E-state index in [4.69, 9.17) is 4.52 Å². The van der Waals surface area contributed by atoms with Crippen LogP contribution < -0.4 is 5.32 Å². The summed E-state index contributed by atoms with van der Waals surface area (Å²) in [5.74, 6) is 0.285. The Kier molecular flexibility index (Phi) is 4.07. The summed E-state index contributed by atoms with van der Waals surface area (Å²) in [4.78, 5) is 17.0. The number of amides is 1. The van der Waals surface area contributed by atoms with Crippen LogP contribution in [0.4, 0.5) is 5.82 Å². The summed E-state index contributed by atoms with van der Waals surface area (Å²) in [6, 6.07) is 9.60. The maximum atomic E-state index is 12.3. The minimum absolute atomic E-state index is 0.0663. The Morgan fingerprint density at radius 2 is 2.04 bits per heavy atom. The smallest absolute Gasteiger partial charge is 0.295 e. The van der Waals surface area contributed by atoms with Crippen molar-refractivity contribution in [3.63, 3.8) is 0 Å². The number of rotatable bonds is 3. The van der Waals surface area contributed by atoms with Crippen molar-refractivity contribution in [2.45, 2.75) is 33.1 Å². The monoisotopic (exact) mass is 381 g/mol. The first-order chi connectivity index (χ1) is 12.8. The molecular formula is C19H19N5O2S. The van der Waals surface area contributed by atoms with E-state index in [-0.39, 0.29) is 17.1 Å². The van der Waals surface area contributed by atoms with E-state index in [1.54, 1.807) is 10.7 Å². The predicted octanol–water partition coefficient (Wildman–Crippen LogP) is 4.33. The summed E-state index contributed by atoms with van der Waals surface area (Å²) in [5, 5.41) is 11.5. The van der Waals surface area contributed by atoms with Crippen LogP contribution in [-0.4, -0.2) is 25.8 Å². The number of carbonyl (C=O) groups excluding carboxylic acids is 1. The highest BCUT2D eigenvalue weighted by molar-refractivity contribution is 7.20. The SMILES string of the molecule is Cc1cc(NC(=O)c2ccno2)n(-c2nc3ccc(C(C)(C)C)cc3s2)n1. The quantitative estimate of drug-likeness (QED) is 0.571. The Morgan fingerprint density at radius 3 is 2.74 bits per heavy atom. The van der Waals surface area contributed by atoms with Crippen LogP contribution in [0.2, 0.25) is 0 Å². The summed E-state index contributed by atoms with van der Waals surface area (Å²) < 4.78 is 7.63. The maximum Gasteiger partial charge on any atom is 0.295 e. The second kappa shape index (κ2) is 6.31. The molecule has 1 N–H and O–H groups in total. The van der Waals surface area contributed by atoms with Crippen LogP contribution in [0.15, 0.2) is 41.1 Å². The first kappa shape index (κ1) is 17.4. The van der Waals surface area contributed by atoms with E-state index in [2.05, 4.69) is 53.5 Å². The van der Waals surface area contributed by atoms with Crippen molar-refractivity contribution in [1.29, 1.82) is 0 Å². The highest BCUT2D eigenvalue weighted by Crippen LogP contribution is 2.31. The van der Waals surface area contributed by atoms with Crippen molar-refractivity contribution in [1.82, 2.24) is 19.9 Å². The number of aromatic nitrogens is 4. The van der Waals surface area contributed by atoms with Gasteiger partial charge in [0.25, 0.3) is 5.91 Å². The molecule has 0 unspecified atom stereocenters. The number of nitrogens with one attached hydrogen (secondary N) is 1. The summed E-state index contributed by atoms with van der Waals surface area (Å²) in [6.07, 6.45) is 1.43. The van der Waals surface area contributed by atoms with Crippen molar-refractivity contribution in [3.8, 4) is 5.13 Å². The lowest BCUT2D eigenvalue weighted by Crippen LogP contribution is -2.14. The molecule has 0 saturated heterocycles. The third-order valence-corrected chi connectivity index (χ3v) is 5.15. The summed E-state index contributed by atoms with van der Waals surface area (Å²) in [7, 11) is 0. The van der Waals surface area contributed by atoms with E-state index < -0.39 is 0 Å². The van der Waals surface area contributed by atoms with Crippen LogP contribution in [0.5, 0.6) is 0 Å². The van der Waals surface area contributed by atoms with Gasteiger partial charge >= 0.3 is 0 Å². The minimum Gasteiger partial charge on any atom is -0.351 e. The van der Waals surface area contributed by atoms with E-state index in [9.17, 15) is 4.79 Å². The number of thiazole rings is 1. The van der Waals surface area contributed by atoms with Gasteiger partial charge in [0.1, 0.15) is 5.82 Å². The second-order valence-electron chi connectivity index (χ2n) is 7.34. The molecule has 0 atom stereocenters. The van der Waals surface area contributed by atoms with Gasteiger partial charge in [0, 0.05) is 12.1 Å². The third kappa shape index (κ3) is 3.35. The van der Waals surface area contributed by atoms with E-state index in [0.717, 1.165) is 15.9 Å². The van der Waals surface area contributed by atoms with Gasteiger partial charge in [-0.15, -0.1) is 0 Å². The van der Waals surface area contributed by atoms with Crippen molar-refractivity contribution < 1.29 is 9.32 Å². The molecule has 1 aromatic carbocycles. The van der Waals surface area contributed by atoms with Gasteiger partial charge in [-0.1, -0.05) is 43.3 Å². The first-order valence-corrected chi connectivity index (χ1v) is 9.33. The molecule has 0 aliphatic carbocycles. The van der Waals surface area contributed by atoms with Crippen molar-refractivity contribution in [3.05, 3.63) is 53.5 Å². The zero-order valence-electron chi connectivity index (χ0n) is 15.5. The molecule has 1 amide bonds. The lowest BCUT2D eigenvalue weighted by molar-refractivity contribution is 0.0987. The van der Waals surface area contributed by atoms with Crippen molar-refractivity contribution in [2.75, 3.05) is 5.32 Å². The Bertz CT molecular complexity index is 1120. The van der Waals surface area contributed by atoms with Gasteiger partial charge in [-0.3, -0.25) is 4.79 Å². The Balaban J connectivity index is 1.72. The highest BCUT2D eigenvalue weighted by atomic mass is 32.1. The van der Waals surface area contributed by atoms with Gasteiger partial charge in [0.05, 0.1) is 22.1 Å². The van der Waals surface area contributed by atoms with Crippen LogP contribution in [-0.2, 0) is 5.41 Å². The molecule has 3 aromatic heterocycles. The van der Waals surface area contributed by atoms with E-state index >= 15 is 0 Å². The molecule has 0 aliphatic rings. The lowest BCUT2D eigenvalue weighted by atomic mass is 9.87. The molecule has 0 aliphatic heterocycles. The van der Waals surface area contributed by atoms with Gasteiger partial charge in [-0.05, 0) is 30.0 Å². The number of aryl methyl sites for hydroxylation is 1. The predicted molar refractivity (Wildman–Crippen MR) is 105 cm³/mol. The summed E-state index contributed by atoms with van der Waals surface area (Å²) >= 11 is 1.53. The molecule has 8 heteroatoms. The van der Waals surface area contributed by atoms with Crippen LogP contribution in [0.1, 0.15) is 42.6 Å². The topological polar surface area (TPSA) is 85.8 Å². The van der Waals surface area contributed by atoms with Crippen molar-refractivity contribution in [2.24, 2.45) is 0 Å². The van der Waals surface area contributed by atoms with Gasteiger partial charge < -0.3 is 9.84 Å². The molecule has 7 nitrogen and oxygen atoms in total. The molecule has 0 saturated carbocycles. The average Bonchev–Trinajstić information content (AvgIpc) is 3.32. The average molecular weight is 381 g/mol. The number of benzene rings is 1. The van der Waals surface area contributed by atoms with Gasteiger partial charge in [-0.25, -0.2) is 4.98 Å². The minimum atomic E-state index is -0.384. The third-order valence-electron chi connectivity index (χ3n) is 4.16. The molecule has 27 heavy (non-hydrogen) atoms. The Labute approximate surface area is 160 Å². The molecule has 0 radical (unpaired) electrons. The van der Waals surface area contributed by atoms with Gasteiger partial charge in [-0.2, -0.15) is 9.78 Å². The zero-order chi connectivity index (χ0) is 19.2. The van der Waals surface area contributed by atoms with Crippen molar-refractivity contribution >= 4 is 33.3 Å². The molecule has 4 aromatic rings. The molecule has 4 rings (SSSR count). The Hall–Kier alpha value is -3.00. The molecule has 0 bridgehead atoms. The fourth-order valence-corrected chi connectivity index (χ4v) is 3.69. The van der Waals surface area contributed by atoms with Gasteiger partial charge in [0.2, 0.25) is 10.9 Å². The number of nitrogens with zero attached hydrogens (tertiary/aromatic N) is 4. The Morgan fingerprint density at radius 1 is 1.22 bits per heavy atom. The molecule has 0 spiro atoms. The van der Waals surface area contributed by atoms with E-state index in [1.165, 1.54) is 29.2 Å². The van der Waals surface area contributed by atoms with Crippen LogP contribution in [0.25, 0.3) is 15.3 Å². The fourth-order valence-electron chi connectivity index (χ4n) is 2.71. The number of hydrogen-bond donors (Lipinski definition) is 1. The molecule has 0 fully saturated rings.